The molecule has 0 spiro atoms. The normalized spacial score (nSPS) is 12.4. The van der Waals surface area contributed by atoms with Crippen molar-refractivity contribution < 1.29 is 17.7 Å². The topological polar surface area (TPSA) is 128 Å². The van der Waals surface area contributed by atoms with E-state index in [9.17, 15) is 22.9 Å². The summed E-state index contributed by atoms with van der Waals surface area (Å²) in [6.07, 6.45) is 1.54. The Morgan fingerprint density at radius 3 is 2.50 bits per heavy atom. The molecular weight excluding hydrogens is 387 g/mol. The summed E-state index contributed by atoms with van der Waals surface area (Å²) in [5.74, 6) is -0.476. The minimum atomic E-state index is -4.27. The lowest BCUT2D eigenvalue weighted by Crippen LogP contribution is -2.19. The first-order chi connectivity index (χ1) is 13.3. The van der Waals surface area contributed by atoms with E-state index in [-0.39, 0.29) is 5.69 Å². The van der Waals surface area contributed by atoms with Crippen LogP contribution in [0.5, 0.6) is 0 Å². The summed E-state index contributed by atoms with van der Waals surface area (Å²) in [6.45, 7) is 0. The number of benzene rings is 2. The van der Waals surface area contributed by atoms with Crippen molar-refractivity contribution in [2.75, 3.05) is 5.32 Å². The highest BCUT2D eigenvalue weighted by Crippen LogP contribution is 2.31. The fourth-order valence-corrected chi connectivity index (χ4v) is 3.41. The Bertz CT molecular complexity index is 1120. The number of primary sulfonamides is 1. The van der Waals surface area contributed by atoms with Crippen LogP contribution in [0.2, 0.25) is 0 Å². The SMILES string of the molecule is NS(=O)(=O)c1cc([N+](=O)[O-])ccc1NC(c1cccc(F)c1)c1ccccn1. The number of nitro groups is 1. The molecule has 0 aliphatic rings. The summed E-state index contributed by atoms with van der Waals surface area (Å²) in [4.78, 5) is 14.1. The summed E-state index contributed by atoms with van der Waals surface area (Å²) >= 11 is 0. The van der Waals surface area contributed by atoms with Gasteiger partial charge in [0, 0.05) is 18.3 Å². The molecule has 3 rings (SSSR count). The van der Waals surface area contributed by atoms with E-state index in [1.807, 2.05) is 0 Å². The van der Waals surface area contributed by atoms with Crippen LogP contribution in [0.3, 0.4) is 0 Å². The van der Waals surface area contributed by atoms with Gasteiger partial charge in [0.25, 0.3) is 5.69 Å². The third-order valence-electron chi connectivity index (χ3n) is 3.95. The Balaban J connectivity index is 2.13. The number of sulfonamides is 1. The van der Waals surface area contributed by atoms with Crippen LogP contribution in [0.4, 0.5) is 15.8 Å². The number of nitro benzene ring substituents is 1. The average molecular weight is 402 g/mol. The van der Waals surface area contributed by atoms with E-state index >= 15 is 0 Å². The van der Waals surface area contributed by atoms with Gasteiger partial charge in [-0.05, 0) is 35.9 Å². The second kappa shape index (κ2) is 7.71. The molecule has 144 valence electrons. The molecule has 0 bridgehead atoms. The van der Waals surface area contributed by atoms with E-state index in [4.69, 9.17) is 5.14 Å². The maximum atomic E-state index is 13.8. The van der Waals surface area contributed by atoms with Crippen molar-refractivity contribution in [2.24, 2.45) is 5.14 Å². The molecule has 10 heteroatoms. The standard InChI is InChI=1S/C18H15FN4O4S/c19-13-5-3-4-12(10-13)18(16-6-1-2-9-21-16)22-15-8-7-14(23(24)25)11-17(15)28(20,26)27/h1-11,18,22H,(H2,20,26,27). The zero-order valence-electron chi connectivity index (χ0n) is 14.3. The quantitative estimate of drug-likeness (QED) is 0.482. The van der Waals surface area contributed by atoms with Crippen molar-refractivity contribution >= 4 is 21.4 Å². The van der Waals surface area contributed by atoms with Crippen LogP contribution in [-0.2, 0) is 10.0 Å². The van der Waals surface area contributed by atoms with E-state index < -0.39 is 37.4 Å². The molecular formula is C18H15FN4O4S. The van der Waals surface area contributed by atoms with Crippen LogP contribution >= 0.6 is 0 Å². The van der Waals surface area contributed by atoms with Crippen molar-refractivity contribution in [1.82, 2.24) is 4.98 Å². The maximum Gasteiger partial charge on any atom is 0.270 e. The molecule has 2 aromatic carbocycles. The van der Waals surface area contributed by atoms with Crippen LogP contribution < -0.4 is 10.5 Å². The van der Waals surface area contributed by atoms with Gasteiger partial charge in [-0.2, -0.15) is 0 Å². The van der Waals surface area contributed by atoms with Gasteiger partial charge >= 0.3 is 0 Å². The summed E-state index contributed by atoms with van der Waals surface area (Å²) in [5.41, 5.74) is 0.590. The summed E-state index contributed by atoms with van der Waals surface area (Å²) in [6, 6.07) is 13.4. The molecule has 0 fully saturated rings. The molecule has 3 N–H and O–H groups in total. The Kier molecular flexibility index (Phi) is 5.34. The average Bonchev–Trinajstić information content (AvgIpc) is 2.66. The first-order valence-electron chi connectivity index (χ1n) is 8.00. The highest BCUT2D eigenvalue weighted by Gasteiger charge is 2.23. The van der Waals surface area contributed by atoms with Gasteiger partial charge in [0.05, 0.1) is 22.3 Å². The lowest BCUT2D eigenvalue weighted by atomic mass is 10.0. The van der Waals surface area contributed by atoms with Gasteiger partial charge in [-0.15, -0.1) is 0 Å². The molecule has 0 saturated heterocycles. The van der Waals surface area contributed by atoms with Gasteiger partial charge in [0.2, 0.25) is 10.0 Å². The van der Waals surface area contributed by atoms with Gasteiger partial charge in [-0.25, -0.2) is 17.9 Å². The first-order valence-corrected chi connectivity index (χ1v) is 9.54. The number of nitrogens with one attached hydrogen (secondary N) is 1. The molecule has 1 unspecified atom stereocenters. The molecule has 3 aromatic rings. The van der Waals surface area contributed by atoms with Gasteiger partial charge in [-0.3, -0.25) is 15.1 Å². The minimum absolute atomic E-state index is 0.0352. The fourth-order valence-electron chi connectivity index (χ4n) is 2.70. The molecule has 1 atom stereocenters. The fraction of sp³-hybridized carbons (Fsp3) is 0.0556. The Labute approximate surface area is 160 Å². The van der Waals surface area contributed by atoms with Crippen LogP contribution in [0, 0.1) is 15.9 Å². The van der Waals surface area contributed by atoms with Gasteiger partial charge in [0.1, 0.15) is 10.7 Å². The van der Waals surface area contributed by atoms with Crippen molar-refractivity contribution in [2.45, 2.75) is 10.9 Å². The van der Waals surface area contributed by atoms with E-state index in [1.54, 1.807) is 30.5 Å². The molecule has 28 heavy (non-hydrogen) atoms. The monoisotopic (exact) mass is 402 g/mol. The number of rotatable bonds is 6. The number of anilines is 1. The highest BCUT2D eigenvalue weighted by atomic mass is 32.2. The number of hydrogen-bond acceptors (Lipinski definition) is 6. The molecule has 0 saturated carbocycles. The van der Waals surface area contributed by atoms with Crippen molar-refractivity contribution in [3.8, 4) is 0 Å². The second-order valence-electron chi connectivity index (χ2n) is 5.87. The van der Waals surface area contributed by atoms with E-state index in [0.717, 1.165) is 12.1 Å². The van der Waals surface area contributed by atoms with Crippen LogP contribution in [0.25, 0.3) is 0 Å². The summed E-state index contributed by atoms with van der Waals surface area (Å²) in [5, 5.41) is 19.2. The number of aromatic nitrogens is 1. The lowest BCUT2D eigenvalue weighted by Gasteiger charge is -2.21. The molecule has 0 radical (unpaired) electrons. The molecule has 1 heterocycles. The zero-order chi connectivity index (χ0) is 20.3. The van der Waals surface area contributed by atoms with Crippen molar-refractivity contribution in [3.05, 3.63) is 94.0 Å². The maximum absolute atomic E-state index is 13.8. The highest BCUT2D eigenvalue weighted by molar-refractivity contribution is 7.89. The Morgan fingerprint density at radius 1 is 1.11 bits per heavy atom. The smallest absolute Gasteiger partial charge is 0.270 e. The number of pyridine rings is 1. The molecule has 0 aliphatic carbocycles. The zero-order valence-corrected chi connectivity index (χ0v) is 15.1. The third kappa shape index (κ3) is 4.30. The van der Waals surface area contributed by atoms with Gasteiger partial charge < -0.3 is 5.32 Å². The number of hydrogen-bond donors (Lipinski definition) is 2. The van der Waals surface area contributed by atoms with E-state index in [1.165, 1.54) is 24.3 Å². The predicted octanol–water partition coefficient (Wildman–Crippen LogP) is 2.98. The number of nitrogens with zero attached hydrogens (tertiary/aromatic N) is 2. The summed E-state index contributed by atoms with van der Waals surface area (Å²) < 4.78 is 37.7. The van der Waals surface area contributed by atoms with E-state index in [2.05, 4.69) is 10.3 Å². The molecule has 0 aliphatic heterocycles. The minimum Gasteiger partial charge on any atom is -0.372 e. The number of halogens is 1. The number of nitrogens with two attached hydrogens (primary N) is 1. The predicted molar refractivity (Wildman–Crippen MR) is 101 cm³/mol. The van der Waals surface area contributed by atoms with Crippen LogP contribution in [0.15, 0.2) is 71.8 Å². The Morgan fingerprint density at radius 2 is 1.89 bits per heavy atom. The van der Waals surface area contributed by atoms with Crippen molar-refractivity contribution in [1.29, 1.82) is 0 Å². The van der Waals surface area contributed by atoms with E-state index in [0.29, 0.717) is 11.3 Å². The van der Waals surface area contributed by atoms with Crippen molar-refractivity contribution in [3.63, 3.8) is 0 Å². The summed E-state index contributed by atoms with van der Waals surface area (Å²) in [7, 11) is -4.27. The van der Waals surface area contributed by atoms with Crippen LogP contribution in [-0.4, -0.2) is 18.3 Å². The second-order valence-corrected chi connectivity index (χ2v) is 7.40. The van der Waals surface area contributed by atoms with Gasteiger partial charge in [-0.1, -0.05) is 18.2 Å². The largest absolute Gasteiger partial charge is 0.372 e. The molecule has 1 aromatic heterocycles. The third-order valence-corrected chi connectivity index (χ3v) is 4.90. The molecule has 8 nitrogen and oxygen atoms in total. The lowest BCUT2D eigenvalue weighted by molar-refractivity contribution is -0.385. The molecule has 0 amide bonds. The first kappa shape index (κ1) is 19.4. The van der Waals surface area contributed by atoms with Gasteiger partial charge in [0.15, 0.2) is 0 Å². The van der Waals surface area contributed by atoms with Crippen LogP contribution in [0.1, 0.15) is 17.3 Å². The number of non-ortho nitro benzene ring substituents is 1. The Hall–Kier alpha value is -3.37.